The van der Waals surface area contributed by atoms with Gasteiger partial charge in [0.2, 0.25) is 0 Å². The van der Waals surface area contributed by atoms with E-state index in [9.17, 15) is 4.79 Å². The van der Waals surface area contributed by atoms with E-state index in [4.69, 9.17) is 23.2 Å². The first-order valence-electron chi connectivity index (χ1n) is 9.39. The zero-order valence-corrected chi connectivity index (χ0v) is 17.1. The molecule has 144 valence electrons. The molecule has 1 saturated carbocycles. The van der Waals surface area contributed by atoms with E-state index in [0.717, 1.165) is 31.7 Å². The Bertz CT molecular complexity index is 820. The molecule has 1 aromatic heterocycles. The Morgan fingerprint density at radius 1 is 1.22 bits per heavy atom. The van der Waals surface area contributed by atoms with Gasteiger partial charge in [0.15, 0.2) is 0 Å². The molecule has 5 nitrogen and oxygen atoms in total. The molecule has 1 saturated heterocycles. The number of aryl methyl sites for hydroxylation is 1. The SMILES string of the molecule is CCN1CC2C(C1)C2CN(Cc1cc(Cl)cc(Cl)c1)C(=O)c1cn(C)cn1. The van der Waals surface area contributed by atoms with Crippen molar-refractivity contribution in [1.29, 1.82) is 0 Å². The molecule has 27 heavy (non-hydrogen) atoms. The van der Waals surface area contributed by atoms with Crippen molar-refractivity contribution in [2.75, 3.05) is 26.2 Å². The average molecular weight is 407 g/mol. The molecule has 0 spiro atoms. The van der Waals surface area contributed by atoms with Crippen molar-refractivity contribution in [2.24, 2.45) is 24.8 Å². The lowest BCUT2D eigenvalue weighted by Crippen LogP contribution is -2.35. The summed E-state index contributed by atoms with van der Waals surface area (Å²) < 4.78 is 1.80. The van der Waals surface area contributed by atoms with Gasteiger partial charge in [-0.1, -0.05) is 30.1 Å². The number of likely N-dealkylation sites (tertiary alicyclic amines) is 1. The summed E-state index contributed by atoms with van der Waals surface area (Å²) in [6.45, 7) is 6.87. The summed E-state index contributed by atoms with van der Waals surface area (Å²) in [7, 11) is 1.87. The second-order valence-electron chi connectivity index (χ2n) is 7.73. The summed E-state index contributed by atoms with van der Waals surface area (Å²) in [6, 6.07) is 5.46. The predicted molar refractivity (Wildman–Crippen MR) is 107 cm³/mol. The van der Waals surface area contributed by atoms with Crippen LogP contribution in [0.15, 0.2) is 30.7 Å². The van der Waals surface area contributed by atoms with E-state index in [1.807, 2.05) is 24.1 Å². The van der Waals surface area contributed by atoms with Gasteiger partial charge in [-0.25, -0.2) is 4.98 Å². The molecular weight excluding hydrogens is 383 g/mol. The Morgan fingerprint density at radius 2 is 1.89 bits per heavy atom. The number of fused-ring (bicyclic) bond motifs is 1. The van der Waals surface area contributed by atoms with Gasteiger partial charge in [-0.3, -0.25) is 4.79 Å². The first kappa shape index (κ1) is 18.8. The third kappa shape index (κ3) is 4.00. The van der Waals surface area contributed by atoms with Gasteiger partial charge in [0.25, 0.3) is 5.91 Å². The maximum Gasteiger partial charge on any atom is 0.274 e. The molecule has 2 aromatic rings. The minimum Gasteiger partial charge on any atom is -0.340 e. The third-order valence-corrected chi connectivity index (χ3v) is 6.27. The molecule has 2 atom stereocenters. The molecule has 1 amide bonds. The van der Waals surface area contributed by atoms with Gasteiger partial charge >= 0.3 is 0 Å². The Labute approximate surface area is 169 Å². The number of piperidine rings is 1. The number of halogens is 2. The van der Waals surface area contributed by atoms with E-state index >= 15 is 0 Å². The van der Waals surface area contributed by atoms with Crippen molar-refractivity contribution in [3.63, 3.8) is 0 Å². The van der Waals surface area contributed by atoms with Crippen molar-refractivity contribution < 1.29 is 4.79 Å². The summed E-state index contributed by atoms with van der Waals surface area (Å²) in [5.41, 5.74) is 1.42. The zero-order valence-electron chi connectivity index (χ0n) is 15.6. The fourth-order valence-electron chi connectivity index (χ4n) is 4.35. The number of benzene rings is 1. The minimum atomic E-state index is -0.0379. The number of carbonyl (C=O) groups is 1. The summed E-state index contributed by atoms with van der Waals surface area (Å²) in [4.78, 5) is 21.8. The highest BCUT2D eigenvalue weighted by Gasteiger charge is 2.55. The number of nitrogens with zero attached hydrogens (tertiary/aromatic N) is 4. The van der Waals surface area contributed by atoms with Gasteiger partial charge in [0, 0.05) is 49.5 Å². The van der Waals surface area contributed by atoms with E-state index in [1.165, 1.54) is 0 Å². The molecule has 2 aliphatic rings. The highest BCUT2D eigenvalue weighted by Crippen LogP contribution is 2.52. The summed E-state index contributed by atoms with van der Waals surface area (Å²) in [5.74, 6) is 1.97. The van der Waals surface area contributed by atoms with Crippen molar-refractivity contribution >= 4 is 29.1 Å². The molecule has 7 heteroatoms. The lowest BCUT2D eigenvalue weighted by atomic mass is 10.1. The lowest BCUT2D eigenvalue weighted by molar-refractivity contribution is 0.0719. The third-order valence-electron chi connectivity index (χ3n) is 5.83. The summed E-state index contributed by atoms with van der Waals surface area (Å²) in [5, 5.41) is 1.18. The van der Waals surface area contributed by atoms with Crippen LogP contribution in [0.5, 0.6) is 0 Å². The van der Waals surface area contributed by atoms with Gasteiger partial charge < -0.3 is 14.4 Å². The highest BCUT2D eigenvalue weighted by atomic mass is 35.5. The number of amides is 1. The normalized spacial score (nSPS) is 24.1. The van der Waals surface area contributed by atoms with E-state index in [-0.39, 0.29) is 5.91 Å². The average Bonchev–Trinajstić information content (AvgIpc) is 2.99. The van der Waals surface area contributed by atoms with Crippen LogP contribution in [-0.2, 0) is 13.6 Å². The van der Waals surface area contributed by atoms with Gasteiger partial charge in [0.05, 0.1) is 6.33 Å². The van der Waals surface area contributed by atoms with Crippen molar-refractivity contribution in [3.8, 4) is 0 Å². The quantitative estimate of drug-likeness (QED) is 0.735. The summed E-state index contributed by atoms with van der Waals surface area (Å²) in [6.07, 6.45) is 3.43. The number of carbonyl (C=O) groups excluding carboxylic acids is 1. The predicted octanol–water partition coefficient (Wildman–Crippen LogP) is 3.57. The molecule has 2 fully saturated rings. The number of imidazole rings is 1. The monoisotopic (exact) mass is 406 g/mol. The Morgan fingerprint density at radius 3 is 2.44 bits per heavy atom. The molecule has 1 aliphatic carbocycles. The van der Waals surface area contributed by atoms with Gasteiger partial charge in [-0.2, -0.15) is 0 Å². The van der Waals surface area contributed by atoms with Crippen LogP contribution in [0.4, 0.5) is 0 Å². The van der Waals surface area contributed by atoms with Crippen LogP contribution < -0.4 is 0 Å². The molecule has 0 N–H and O–H groups in total. The zero-order chi connectivity index (χ0) is 19.1. The van der Waals surface area contributed by atoms with E-state index in [1.54, 1.807) is 23.2 Å². The Kier molecular flexibility index (Phi) is 5.19. The first-order valence-corrected chi connectivity index (χ1v) is 10.1. The second kappa shape index (κ2) is 7.46. The molecular formula is C20H24Cl2N4O. The smallest absolute Gasteiger partial charge is 0.274 e. The first-order chi connectivity index (χ1) is 12.9. The number of hydrogen-bond acceptors (Lipinski definition) is 3. The van der Waals surface area contributed by atoms with Crippen LogP contribution in [0.2, 0.25) is 10.0 Å². The Hall–Kier alpha value is -1.56. The molecule has 2 heterocycles. The number of rotatable bonds is 6. The molecule has 4 rings (SSSR count). The molecule has 0 radical (unpaired) electrons. The van der Waals surface area contributed by atoms with Gasteiger partial charge in [0.1, 0.15) is 5.69 Å². The number of aromatic nitrogens is 2. The standard InChI is InChI=1S/C20H24Cl2N4O/c1-3-25-8-16-17(9-25)18(16)10-26(20(27)19-11-24(2)12-23-19)7-13-4-14(21)6-15(22)5-13/h4-6,11-12,16-18H,3,7-10H2,1-2H3. The largest absolute Gasteiger partial charge is 0.340 e. The maximum absolute atomic E-state index is 13.1. The lowest BCUT2D eigenvalue weighted by Gasteiger charge is -2.25. The second-order valence-corrected chi connectivity index (χ2v) is 8.60. The molecule has 2 unspecified atom stereocenters. The van der Waals surface area contributed by atoms with Crippen LogP contribution in [0.3, 0.4) is 0 Å². The van der Waals surface area contributed by atoms with Crippen LogP contribution in [0.1, 0.15) is 23.0 Å². The summed E-state index contributed by atoms with van der Waals surface area (Å²) >= 11 is 12.3. The van der Waals surface area contributed by atoms with Crippen molar-refractivity contribution in [3.05, 3.63) is 52.0 Å². The van der Waals surface area contributed by atoms with Crippen molar-refractivity contribution in [2.45, 2.75) is 13.5 Å². The molecule has 1 aliphatic heterocycles. The fraction of sp³-hybridized carbons (Fsp3) is 0.500. The maximum atomic E-state index is 13.1. The fourth-order valence-corrected chi connectivity index (χ4v) is 4.92. The minimum absolute atomic E-state index is 0.0379. The molecule has 1 aromatic carbocycles. The molecule has 0 bridgehead atoms. The van der Waals surface area contributed by atoms with Gasteiger partial charge in [-0.05, 0) is 48.1 Å². The van der Waals surface area contributed by atoms with Crippen molar-refractivity contribution in [1.82, 2.24) is 19.4 Å². The topological polar surface area (TPSA) is 41.4 Å². The van der Waals surface area contributed by atoms with Crippen LogP contribution in [0, 0.1) is 17.8 Å². The van der Waals surface area contributed by atoms with Gasteiger partial charge in [-0.15, -0.1) is 0 Å². The van der Waals surface area contributed by atoms with E-state index in [2.05, 4.69) is 16.8 Å². The van der Waals surface area contributed by atoms with E-state index in [0.29, 0.717) is 40.0 Å². The van der Waals surface area contributed by atoms with Crippen LogP contribution in [-0.4, -0.2) is 51.4 Å². The van der Waals surface area contributed by atoms with Crippen LogP contribution >= 0.6 is 23.2 Å². The van der Waals surface area contributed by atoms with E-state index < -0.39 is 0 Å². The number of hydrogen-bond donors (Lipinski definition) is 0. The van der Waals surface area contributed by atoms with Crippen LogP contribution in [0.25, 0.3) is 0 Å². The Balaban J connectivity index is 1.51. The highest BCUT2D eigenvalue weighted by molar-refractivity contribution is 6.34.